The molecule has 0 saturated heterocycles. The van der Waals surface area contributed by atoms with Gasteiger partial charge in [-0.15, -0.1) is 10.2 Å². The van der Waals surface area contributed by atoms with Crippen molar-refractivity contribution in [3.63, 3.8) is 0 Å². The van der Waals surface area contributed by atoms with Crippen LogP contribution >= 0.6 is 27.7 Å². The number of rotatable bonds is 6. The van der Waals surface area contributed by atoms with Crippen molar-refractivity contribution in [2.24, 2.45) is 0 Å². The predicted octanol–water partition coefficient (Wildman–Crippen LogP) is 6.35. The molecule has 0 aliphatic carbocycles. The van der Waals surface area contributed by atoms with Crippen molar-refractivity contribution in [1.82, 2.24) is 14.8 Å². The van der Waals surface area contributed by atoms with Gasteiger partial charge in [-0.2, -0.15) is 0 Å². The minimum atomic E-state index is -0.101. The van der Waals surface area contributed by atoms with Crippen molar-refractivity contribution in [3.05, 3.63) is 87.9 Å². The zero-order valence-electron chi connectivity index (χ0n) is 18.1. The van der Waals surface area contributed by atoms with Crippen LogP contribution in [0.2, 0.25) is 0 Å². The molecule has 3 aromatic carbocycles. The maximum Gasteiger partial charge on any atom is 0.234 e. The molecule has 0 radical (unpaired) electrons. The Kier molecular flexibility index (Phi) is 6.77. The van der Waals surface area contributed by atoms with Gasteiger partial charge in [0.2, 0.25) is 5.91 Å². The molecule has 32 heavy (non-hydrogen) atoms. The maximum absolute atomic E-state index is 12.6. The molecular formula is C25H23BrN4OS. The molecule has 5 nitrogen and oxygen atoms in total. The molecule has 7 heteroatoms. The minimum absolute atomic E-state index is 0.101. The Morgan fingerprint density at radius 2 is 1.75 bits per heavy atom. The van der Waals surface area contributed by atoms with Crippen molar-refractivity contribution in [3.8, 4) is 17.1 Å². The lowest BCUT2D eigenvalue weighted by molar-refractivity contribution is -0.113. The van der Waals surface area contributed by atoms with Crippen LogP contribution in [-0.2, 0) is 4.79 Å². The van der Waals surface area contributed by atoms with E-state index in [1.165, 1.54) is 22.9 Å². The number of aryl methyl sites for hydroxylation is 3. The van der Waals surface area contributed by atoms with Gasteiger partial charge < -0.3 is 5.32 Å². The van der Waals surface area contributed by atoms with E-state index in [1.54, 1.807) is 0 Å². The quantitative estimate of drug-likeness (QED) is 0.309. The zero-order chi connectivity index (χ0) is 22.7. The Bertz CT molecular complexity index is 1270. The summed E-state index contributed by atoms with van der Waals surface area (Å²) in [5, 5.41) is 12.5. The van der Waals surface area contributed by atoms with Crippen LogP contribution < -0.4 is 5.32 Å². The standard InChI is InChI=1S/C25H23BrN4OS/c1-16-9-12-22(21(26)13-16)27-23(31)15-32-25-29-28-24(19-7-5-4-6-8-19)30(25)20-11-10-17(2)18(3)14-20/h4-14H,15H2,1-3H3,(H,27,31). The Hall–Kier alpha value is -2.90. The summed E-state index contributed by atoms with van der Waals surface area (Å²) in [5.74, 6) is 0.867. The first-order chi connectivity index (χ1) is 15.4. The Morgan fingerprint density at radius 3 is 2.47 bits per heavy atom. The second kappa shape index (κ2) is 9.71. The van der Waals surface area contributed by atoms with Crippen LogP contribution in [0.1, 0.15) is 16.7 Å². The van der Waals surface area contributed by atoms with E-state index < -0.39 is 0 Å². The van der Waals surface area contributed by atoms with Gasteiger partial charge in [0.25, 0.3) is 0 Å². The van der Waals surface area contributed by atoms with Crippen LogP contribution in [0.5, 0.6) is 0 Å². The highest BCUT2D eigenvalue weighted by Gasteiger charge is 2.18. The van der Waals surface area contributed by atoms with Crippen LogP contribution in [-0.4, -0.2) is 26.4 Å². The summed E-state index contributed by atoms with van der Waals surface area (Å²) >= 11 is 4.87. The molecule has 1 amide bonds. The molecule has 1 N–H and O–H groups in total. The number of thioether (sulfide) groups is 1. The number of nitrogens with one attached hydrogen (secondary N) is 1. The summed E-state index contributed by atoms with van der Waals surface area (Å²) in [4.78, 5) is 12.6. The van der Waals surface area contributed by atoms with Crippen molar-refractivity contribution >= 4 is 39.3 Å². The smallest absolute Gasteiger partial charge is 0.234 e. The third-order valence-corrected chi connectivity index (χ3v) is 6.73. The SMILES string of the molecule is Cc1ccc(NC(=O)CSc2nnc(-c3ccccc3)n2-c2ccc(C)c(C)c2)c(Br)c1. The number of carbonyl (C=O) groups excluding carboxylic acids is 1. The van der Waals surface area contributed by atoms with Gasteiger partial charge in [0, 0.05) is 10.0 Å². The minimum Gasteiger partial charge on any atom is -0.324 e. The average Bonchev–Trinajstić information content (AvgIpc) is 3.21. The van der Waals surface area contributed by atoms with Gasteiger partial charge in [-0.25, -0.2) is 0 Å². The van der Waals surface area contributed by atoms with Gasteiger partial charge in [0.05, 0.1) is 17.1 Å². The molecule has 0 bridgehead atoms. The second-order valence-electron chi connectivity index (χ2n) is 7.60. The summed E-state index contributed by atoms with van der Waals surface area (Å²) in [7, 11) is 0. The molecule has 0 fully saturated rings. The highest BCUT2D eigenvalue weighted by Crippen LogP contribution is 2.29. The summed E-state index contributed by atoms with van der Waals surface area (Å²) in [6.07, 6.45) is 0. The van der Waals surface area contributed by atoms with Crippen LogP contribution in [0.3, 0.4) is 0 Å². The molecule has 0 aliphatic heterocycles. The number of anilines is 1. The van der Waals surface area contributed by atoms with E-state index in [0.29, 0.717) is 5.16 Å². The first-order valence-corrected chi connectivity index (χ1v) is 12.0. The van der Waals surface area contributed by atoms with E-state index in [4.69, 9.17) is 0 Å². The van der Waals surface area contributed by atoms with Gasteiger partial charge in [0.15, 0.2) is 11.0 Å². The van der Waals surface area contributed by atoms with Crippen LogP contribution in [0, 0.1) is 20.8 Å². The second-order valence-corrected chi connectivity index (χ2v) is 9.39. The zero-order valence-corrected chi connectivity index (χ0v) is 20.5. The number of aromatic nitrogens is 3. The lowest BCUT2D eigenvalue weighted by Gasteiger charge is -2.12. The first kappa shape index (κ1) is 22.3. The van der Waals surface area contributed by atoms with E-state index in [0.717, 1.165) is 32.8 Å². The van der Waals surface area contributed by atoms with E-state index in [-0.39, 0.29) is 11.7 Å². The highest BCUT2D eigenvalue weighted by molar-refractivity contribution is 9.10. The molecule has 0 spiro atoms. The van der Waals surface area contributed by atoms with E-state index in [2.05, 4.69) is 63.5 Å². The number of nitrogens with zero attached hydrogens (tertiary/aromatic N) is 3. The van der Waals surface area contributed by atoms with E-state index >= 15 is 0 Å². The lowest BCUT2D eigenvalue weighted by atomic mass is 10.1. The highest BCUT2D eigenvalue weighted by atomic mass is 79.9. The third kappa shape index (κ3) is 4.95. The van der Waals surface area contributed by atoms with Gasteiger partial charge in [0.1, 0.15) is 0 Å². The largest absolute Gasteiger partial charge is 0.324 e. The predicted molar refractivity (Wildman–Crippen MR) is 135 cm³/mol. The molecule has 4 aromatic rings. The number of halogens is 1. The Balaban J connectivity index is 1.61. The first-order valence-electron chi connectivity index (χ1n) is 10.2. The molecule has 0 aliphatic rings. The molecule has 0 unspecified atom stereocenters. The number of hydrogen-bond donors (Lipinski definition) is 1. The van der Waals surface area contributed by atoms with Crippen LogP contribution in [0.4, 0.5) is 5.69 Å². The number of carbonyl (C=O) groups is 1. The number of hydrogen-bond acceptors (Lipinski definition) is 4. The monoisotopic (exact) mass is 506 g/mol. The third-order valence-electron chi connectivity index (χ3n) is 5.15. The van der Waals surface area contributed by atoms with Gasteiger partial charge >= 0.3 is 0 Å². The summed E-state index contributed by atoms with van der Waals surface area (Å²) < 4.78 is 2.88. The van der Waals surface area contributed by atoms with Crippen molar-refractivity contribution in [2.45, 2.75) is 25.9 Å². The fourth-order valence-electron chi connectivity index (χ4n) is 3.27. The molecule has 4 rings (SSSR count). The fraction of sp³-hybridized carbons (Fsp3) is 0.160. The van der Waals surface area contributed by atoms with E-state index in [1.807, 2.05) is 60.0 Å². The van der Waals surface area contributed by atoms with Gasteiger partial charge in [-0.05, 0) is 77.7 Å². The Morgan fingerprint density at radius 1 is 0.969 bits per heavy atom. The molecule has 1 heterocycles. The van der Waals surface area contributed by atoms with Gasteiger partial charge in [-0.3, -0.25) is 9.36 Å². The summed E-state index contributed by atoms with van der Waals surface area (Å²) in [6, 6.07) is 22.1. The molecule has 0 atom stereocenters. The number of benzene rings is 3. The number of amides is 1. The average molecular weight is 507 g/mol. The lowest BCUT2D eigenvalue weighted by Crippen LogP contribution is -2.15. The van der Waals surface area contributed by atoms with Crippen LogP contribution in [0.15, 0.2) is 76.4 Å². The van der Waals surface area contributed by atoms with Crippen molar-refractivity contribution < 1.29 is 4.79 Å². The normalized spacial score (nSPS) is 10.9. The fourth-order valence-corrected chi connectivity index (χ4v) is 4.62. The topological polar surface area (TPSA) is 59.8 Å². The van der Waals surface area contributed by atoms with Crippen LogP contribution in [0.25, 0.3) is 17.1 Å². The summed E-state index contributed by atoms with van der Waals surface area (Å²) in [5.41, 5.74) is 6.23. The molecular weight excluding hydrogens is 484 g/mol. The molecule has 162 valence electrons. The van der Waals surface area contributed by atoms with Gasteiger partial charge in [-0.1, -0.05) is 54.2 Å². The van der Waals surface area contributed by atoms with Crippen molar-refractivity contribution in [2.75, 3.05) is 11.1 Å². The Labute approximate surface area is 200 Å². The van der Waals surface area contributed by atoms with E-state index in [9.17, 15) is 4.79 Å². The maximum atomic E-state index is 12.6. The summed E-state index contributed by atoms with van der Waals surface area (Å²) in [6.45, 7) is 6.19. The molecule has 0 saturated carbocycles. The molecule has 1 aromatic heterocycles. The van der Waals surface area contributed by atoms with Crippen molar-refractivity contribution in [1.29, 1.82) is 0 Å².